The average Bonchev–Trinajstić information content (AvgIpc) is 2.94. The number of ether oxygens (including phenoxy) is 1. The van der Waals surface area contributed by atoms with E-state index in [0.717, 1.165) is 16.8 Å². The van der Waals surface area contributed by atoms with Crippen LogP contribution in [0, 0.1) is 0 Å². The van der Waals surface area contributed by atoms with E-state index in [4.69, 9.17) is 4.74 Å². The fourth-order valence-electron chi connectivity index (χ4n) is 2.58. The quantitative estimate of drug-likeness (QED) is 0.613. The topological polar surface area (TPSA) is 41.9 Å². The van der Waals surface area contributed by atoms with Gasteiger partial charge in [-0.2, -0.15) is 0 Å². The van der Waals surface area contributed by atoms with Crippen molar-refractivity contribution in [3.8, 4) is 0 Å². The first-order valence-electron chi connectivity index (χ1n) is 7.07. The highest BCUT2D eigenvalue weighted by molar-refractivity contribution is 9.09. The smallest absolute Gasteiger partial charge is 0.180 e. The van der Waals surface area contributed by atoms with E-state index in [2.05, 4.69) is 20.9 Å². The molecule has 0 saturated carbocycles. The molecule has 1 aromatic carbocycles. The molecule has 5 heteroatoms. The molecule has 2 aliphatic rings. The van der Waals surface area contributed by atoms with Crippen molar-refractivity contribution in [3.05, 3.63) is 65.1 Å². The Balaban J connectivity index is 2.08. The summed E-state index contributed by atoms with van der Waals surface area (Å²) in [5, 5.41) is 0.581. The van der Waals surface area contributed by atoms with E-state index in [1.165, 1.54) is 0 Å². The van der Waals surface area contributed by atoms with Gasteiger partial charge in [-0.05, 0) is 18.6 Å². The maximum Gasteiger partial charge on any atom is 0.180 e. The van der Waals surface area contributed by atoms with Crippen molar-refractivity contribution in [1.29, 1.82) is 0 Å². The number of alkyl halides is 1. The minimum absolute atomic E-state index is 0.405. The van der Waals surface area contributed by atoms with E-state index in [1.54, 1.807) is 0 Å². The van der Waals surface area contributed by atoms with Gasteiger partial charge in [0.05, 0.1) is 5.71 Å². The van der Waals surface area contributed by atoms with E-state index in [1.807, 2.05) is 60.2 Å². The van der Waals surface area contributed by atoms with Crippen molar-refractivity contribution in [3.63, 3.8) is 0 Å². The highest BCUT2D eigenvalue weighted by Gasteiger charge is 2.38. The van der Waals surface area contributed by atoms with Crippen molar-refractivity contribution in [2.45, 2.75) is 13.2 Å². The number of fused-ring (bicyclic) bond motifs is 1. The molecule has 4 nitrogen and oxygen atoms in total. The standard InChI is InChI=1S/C17H15BrN2O2/c1-2-22-17-16(12-6-4-3-5-7-12)19-15-9-8-13(10-18)14(11-21)20(15)17/h3-9,17H,2,10H2,1H3. The molecule has 1 atom stereocenters. The summed E-state index contributed by atoms with van der Waals surface area (Å²) < 4.78 is 5.88. The van der Waals surface area contributed by atoms with Crippen LogP contribution >= 0.6 is 15.9 Å². The fourth-order valence-corrected chi connectivity index (χ4v) is 3.04. The molecular formula is C17H15BrN2O2. The summed E-state index contributed by atoms with van der Waals surface area (Å²) >= 11 is 3.41. The lowest BCUT2D eigenvalue weighted by Crippen LogP contribution is -2.38. The first kappa shape index (κ1) is 15.0. The number of benzene rings is 1. The van der Waals surface area contributed by atoms with Crippen LogP contribution in [0.1, 0.15) is 12.5 Å². The van der Waals surface area contributed by atoms with Gasteiger partial charge in [0.15, 0.2) is 12.2 Å². The number of halogens is 1. The number of nitrogens with zero attached hydrogens (tertiary/aromatic N) is 2. The van der Waals surface area contributed by atoms with Gasteiger partial charge < -0.3 is 4.74 Å². The summed E-state index contributed by atoms with van der Waals surface area (Å²) in [6.45, 7) is 2.46. The zero-order valence-corrected chi connectivity index (χ0v) is 13.7. The highest BCUT2D eigenvalue weighted by atomic mass is 79.9. The molecule has 0 aliphatic carbocycles. The lowest BCUT2D eigenvalue weighted by Gasteiger charge is -2.30. The maximum atomic E-state index is 11.5. The second-order valence-electron chi connectivity index (χ2n) is 4.84. The van der Waals surface area contributed by atoms with Crippen molar-refractivity contribution in [2.75, 3.05) is 11.9 Å². The van der Waals surface area contributed by atoms with E-state index in [9.17, 15) is 4.79 Å². The third-order valence-corrected chi connectivity index (χ3v) is 4.17. The van der Waals surface area contributed by atoms with Crippen molar-refractivity contribution in [2.24, 2.45) is 4.99 Å². The molecule has 3 rings (SSSR count). The second kappa shape index (κ2) is 6.44. The average molecular weight is 359 g/mol. The SMILES string of the molecule is CCOC1C(c2ccccc2)=NC2=CC=C(CBr)C(=C=O)N21. The summed E-state index contributed by atoms with van der Waals surface area (Å²) in [5.74, 6) is 2.75. The van der Waals surface area contributed by atoms with Crippen LogP contribution in [-0.4, -0.2) is 34.7 Å². The Bertz CT molecular complexity index is 715. The van der Waals surface area contributed by atoms with Gasteiger partial charge in [0.25, 0.3) is 0 Å². The molecule has 0 saturated heterocycles. The van der Waals surface area contributed by atoms with Crippen LogP contribution in [0.5, 0.6) is 0 Å². The first-order valence-corrected chi connectivity index (χ1v) is 8.19. The van der Waals surface area contributed by atoms with Gasteiger partial charge in [0.1, 0.15) is 11.5 Å². The van der Waals surface area contributed by atoms with Gasteiger partial charge in [-0.25, -0.2) is 9.79 Å². The van der Waals surface area contributed by atoms with Crippen LogP contribution in [-0.2, 0) is 9.53 Å². The Morgan fingerprint density at radius 2 is 2.09 bits per heavy atom. The van der Waals surface area contributed by atoms with Crippen molar-refractivity contribution in [1.82, 2.24) is 4.90 Å². The van der Waals surface area contributed by atoms with Crippen molar-refractivity contribution >= 4 is 27.6 Å². The normalized spacial score (nSPS) is 20.1. The van der Waals surface area contributed by atoms with Crippen LogP contribution in [0.3, 0.4) is 0 Å². The van der Waals surface area contributed by atoms with Gasteiger partial charge in [0.2, 0.25) is 0 Å². The Morgan fingerprint density at radius 3 is 2.73 bits per heavy atom. The van der Waals surface area contributed by atoms with Gasteiger partial charge in [0, 0.05) is 17.5 Å². The molecule has 0 spiro atoms. The number of carbonyl (C=O) groups excluding carboxylic acids is 1. The lowest BCUT2D eigenvalue weighted by molar-refractivity contribution is 0.0359. The molecule has 2 aliphatic heterocycles. The maximum absolute atomic E-state index is 11.5. The Morgan fingerprint density at radius 1 is 1.32 bits per heavy atom. The highest BCUT2D eigenvalue weighted by Crippen LogP contribution is 2.34. The largest absolute Gasteiger partial charge is 0.352 e. The molecular weight excluding hydrogens is 344 g/mol. The van der Waals surface area contributed by atoms with Crippen LogP contribution < -0.4 is 0 Å². The molecule has 1 aromatic rings. The van der Waals surface area contributed by atoms with E-state index in [0.29, 0.717) is 23.5 Å². The van der Waals surface area contributed by atoms with Crippen LogP contribution in [0.4, 0.5) is 0 Å². The number of rotatable bonds is 4. The van der Waals surface area contributed by atoms with Gasteiger partial charge >= 0.3 is 0 Å². The Hall–Kier alpha value is -1.94. The predicted octanol–water partition coefficient (Wildman–Crippen LogP) is 3.05. The van der Waals surface area contributed by atoms with E-state index >= 15 is 0 Å². The molecule has 0 N–H and O–H groups in total. The molecule has 22 heavy (non-hydrogen) atoms. The predicted molar refractivity (Wildman–Crippen MR) is 89.4 cm³/mol. The molecule has 0 aromatic heterocycles. The summed E-state index contributed by atoms with van der Waals surface area (Å²) in [7, 11) is 0. The zero-order chi connectivity index (χ0) is 15.5. The van der Waals surface area contributed by atoms with Crippen molar-refractivity contribution < 1.29 is 9.53 Å². The van der Waals surface area contributed by atoms with Gasteiger partial charge in [-0.1, -0.05) is 52.3 Å². The molecule has 0 radical (unpaired) electrons. The Kier molecular flexibility index (Phi) is 4.39. The minimum atomic E-state index is -0.405. The fraction of sp³-hybridized carbons (Fsp3) is 0.235. The van der Waals surface area contributed by atoms with Gasteiger partial charge in [-0.15, -0.1) is 0 Å². The minimum Gasteiger partial charge on any atom is -0.352 e. The zero-order valence-electron chi connectivity index (χ0n) is 12.1. The molecule has 0 amide bonds. The number of hydrogen-bond donors (Lipinski definition) is 0. The van der Waals surface area contributed by atoms with Crippen LogP contribution in [0.15, 0.2) is 64.6 Å². The second-order valence-corrected chi connectivity index (χ2v) is 5.40. The molecule has 112 valence electrons. The van der Waals surface area contributed by atoms with E-state index < -0.39 is 6.23 Å². The lowest BCUT2D eigenvalue weighted by atomic mass is 10.1. The van der Waals surface area contributed by atoms with Crippen LogP contribution in [0.25, 0.3) is 0 Å². The summed E-state index contributed by atoms with van der Waals surface area (Å²) in [6, 6.07) is 9.87. The number of allylic oxidation sites excluding steroid dienone is 3. The molecule has 2 heterocycles. The van der Waals surface area contributed by atoms with E-state index in [-0.39, 0.29) is 0 Å². The van der Waals surface area contributed by atoms with Gasteiger partial charge in [-0.3, -0.25) is 4.90 Å². The summed E-state index contributed by atoms with van der Waals surface area (Å²) in [5.41, 5.74) is 3.14. The summed E-state index contributed by atoms with van der Waals surface area (Å²) in [6.07, 6.45) is 3.39. The Labute approximate surface area is 137 Å². The number of hydrogen-bond acceptors (Lipinski definition) is 4. The van der Waals surface area contributed by atoms with Crippen LogP contribution in [0.2, 0.25) is 0 Å². The monoisotopic (exact) mass is 358 g/mol. The molecule has 0 fully saturated rings. The molecule has 0 bridgehead atoms. The first-order chi connectivity index (χ1) is 10.8. The number of aliphatic imine (C=N–C) groups is 1. The third-order valence-electron chi connectivity index (χ3n) is 3.56. The molecule has 1 unspecified atom stereocenters. The third kappa shape index (κ3) is 2.48. The summed E-state index contributed by atoms with van der Waals surface area (Å²) in [4.78, 5) is 17.9.